The maximum Gasteiger partial charge on any atom is 0.437 e. The van der Waals surface area contributed by atoms with Crippen LogP contribution in [0.5, 0.6) is 11.5 Å². The number of benzene rings is 2. The number of ether oxygens (including phenoxy) is 2. The van der Waals surface area contributed by atoms with Gasteiger partial charge in [-0.05, 0) is 48.5 Å². The van der Waals surface area contributed by atoms with Gasteiger partial charge in [0.15, 0.2) is 11.4 Å². The highest BCUT2D eigenvalue weighted by Crippen LogP contribution is 2.38. The summed E-state index contributed by atoms with van der Waals surface area (Å²) >= 11 is 5.82. The molecule has 0 atom stereocenters. The summed E-state index contributed by atoms with van der Waals surface area (Å²) in [6, 6.07) is 12.0. The second-order valence-electron chi connectivity index (χ2n) is 7.45. The van der Waals surface area contributed by atoms with E-state index in [1.165, 1.54) is 30.3 Å². The van der Waals surface area contributed by atoms with Crippen LogP contribution in [0.2, 0.25) is 5.02 Å². The van der Waals surface area contributed by atoms with Gasteiger partial charge in [0.25, 0.3) is 0 Å². The monoisotopic (exact) mass is 520 g/mol. The van der Waals surface area contributed by atoms with Gasteiger partial charge in [-0.3, -0.25) is 10.00 Å². The molecule has 9 nitrogen and oxygen atoms in total. The Labute approximate surface area is 208 Å². The zero-order valence-corrected chi connectivity index (χ0v) is 19.5. The zero-order chi connectivity index (χ0) is 25.9. The average molecular weight is 521 g/mol. The Morgan fingerprint density at radius 2 is 1.86 bits per heavy atom. The number of carbonyl (C=O) groups is 1. The van der Waals surface area contributed by atoms with Crippen molar-refractivity contribution in [1.29, 1.82) is 0 Å². The average Bonchev–Trinajstić information content (AvgIpc) is 3.44. The first-order valence-electron chi connectivity index (χ1n) is 10.5. The number of halogens is 4. The minimum atomic E-state index is -4.86. The molecule has 4 aromatic rings. The molecule has 2 aromatic heterocycles. The highest BCUT2D eigenvalue weighted by atomic mass is 35.5. The first kappa shape index (κ1) is 25.1. The maximum atomic E-state index is 13.8. The van der Waals surface area contributed by atoms with E-state index in [9.17, 15) is 18.0 Å². The number of aromatic nitrogens is 4. The van der Waals surface area contributed by atoms with E-state index in [0.717, 1.165) is 6.20 Å². The molecule has 0 bridgehead atoms. The molecule has 2 aromatic carbocycles. The fraction of sp³-hybridized carbons (Fsp3) is 0.174. The fourth-order valence-corrected chi connectivity index (χ4v) is 3.56. The van der Waals surface area contributed by atoms with Crippen molar-refractivity contribution in [3.8, 4) is 28.4 Å². The Morgan fingerprint density at radius 1 is 1.11 bits per heavy atom. The third-order valence-corrected chi connectivity index (χ3v) is 5.23. The van der Waals surface area contributed by atoms with Crippen LogP contribution in [0.15, 0.2) is 60.9 Å². The summed E-state index contributed by atoms with van der Waals surface area (Å²) in [7, 11) is 1.73. The van der Waals surface area contributed by atoms with Crippen LogP contribution in [0.25, 0.3) is 16.9 Å². The molecular formula is C23H20ClF3N6O3. The largest absolute Gasteiger partial charge is 0.492 e. The van der Waals surface area contributed by atoms with Crippen molar-refractivity contribution in [1.82, 2.24) is 19.6 Å². The van der Waals surface area contributed by atoms with Gasteiger partial charge in [0.1, 0.15) is 12.4 Å². The molecule has 0 aliphatic carbocycles. The summed E-state index contributed by atoms with van der Waals surface area (Å²) in [6.07, 6.45) is -3.59. The Bertz CT molecular complexity index is 1370. The summed E-state index contributed by atoms with van der Waals surface area (Å²) in [4.78, 5) is 12.6. The summed E-state index contributed by atoms with van der Waals surface area (Å²) in [5.74, 6) is -0.267. The molecule has 3 N–H and O–H groups in total. The van der Waals surface area contributed by atoms with Crippen molar-refractivity contribution in [3.63, 3.8) is 0 Å². The van der Waals surface area contributed by atoms with Gasteiger partial charge < -0.3 is 15.2 Å². The smallest absolute Gasteiger partial charge is 0.437 e. The summed E-state index contributed by atoms with van der Waals surface area (Å²) < 4.78 is 54.5. The zero-order valence-electron chi connectivity index (χ0n) is 18.8. The third kappa shape index (κ3) is 5.44. The van der Waals surface area contributed by atoms with Crippen molar-refractivity contribution >= 4 is 23.4 Å². The van der Waals surface area contributed by atoms with Crippen LogP contribution in [-0.4, -0.2) is 38.8 Å². The molecule has 1 amide bonds. The molecule has 0 aliphatic rings. The van der Waals surface area contributed by atoms with Crippen LogP contribution >= 0.6 is 11.6 Å². The van der Waals surface area contributed by atoms with Gasteiger partial charge in [0, 0.05) is 36.1 Å². The van der Waals surface area contributed by atoms with Gasteiger partial charge in [-0.1, -0.05) is 11.6 Å². The van der Waals surface area contributed by atoms with E-state index in [-0.39, 0.29) is 18.0 Å². The van der Waals surface area contributed by atoms with Gasteiger partial charge >= 0.3 is 12.3 Å². The number of nitrogens with two attached hydrogens (primary N) is 1. The lowest BCUT2D eigenvalue weighted by Crippen LogP contribution is -2.20. The molecule has 36 heavy (non-hydrogen) atoms. The maximum absolute atomic E-state index is 13.8. The number of carbonyl (C=O) groups excluding carboxylic acids is 1. The highest BCUT2D eigenvalue weighted by molar-refractivity contribution is 6.30. The standard InChI is InChI=1S/C23H20ClF3N6O3/c1-32-18(8-10-29-32)17-12-15(4-7-19(17)35-11-9-28)31-22(34)36-20-13-30-33(21(20)23(25,26)27)16-5-2-14(24)3-6-16/h2-8,10,12-13H,9,11,28H2,1H3,(H,31,34). The second-order valence-corrected chi connectivity index (χ2v) is 7.88. The SMILES string of the molecule is Cn1nccc1-c1cc(NC(=O)Oc2cnn(-c3ccc(Cl)cc3)c2C(F)(F)F)ccc1OCCN. The van der Waals surface area contributed by atoms with E-state index in [1.54, 1.807) is 36.1 Å². The Balaban J connectivity index is 1.60. The number of hydrogen-bond acceptors (Lipinski definition) is 6. The lowest BCUT2D eigenvalue weighted by Gasteiger charge is -2.14. The molecule has 0 aliphatic heterocycles. The molecular weight excluding hydrogens is 501 g/mol. The number of hydrogen-bond donors (Lipinski definition) is 2. The van der Waals surface area contributed by atoms with Gasteiger partial charge in [0.05, 0.1) is 17.6 Å². The highest BCUT2D eigenvalue weighted by Gasteiger charge is 2.40. The first-order valence-corrected chi connectivity index (χ1v) is 10.9. The fourth-order valence-electron chi connectivity index (χ4n) is 3.43. The predicted molar refractivity (Wildman–Crippen MR) is 126 cm³/mol. The second kappa shape index (κ2) is 10.3. The van der Waals surface area contributed by atoms with E-state index in [4.69, 9.17) is 26.8 Å². The first-order chi connectivity index (χ1) is 17.2. The van der Waals surface area contributed by atoms with Crippen molar-refractivity contribution in [2.75, 3.05) is 18.5 Å². The van der Waals surface area contributed by atoms with Crippen LogP contribution < -0.4 is 20.5 Å². The van der Waals surface area contributed by atoms with Crippen LogP contribution in [0, 0.1) is 0 Å². The number of nitrogens with zero attached hydrogens (tertiary/aromatic N) is 4. The van der Waals surface area contributed by atoms with Gasteiger partial charge in [-0.15, -0.1) is 0 Å². The van der Waals surface area contributed by atoms with E-state index in [2.05, 4.69) is 15.5 Å². The van der Waals surface area contributed by atoms with Crippen molar-refractivity contribution < 1.29 is 27.4 Å². The normalized spacial score (nSPS) is 11.4. The molecule has 0 unspecified atom stereocenters. The molecule has 13 heteroatoms. The predicted octanol–water partition coefficient (Wildman–Crippen LogP) is 4.89. The van der Waals surface area contributed by atoms with E-state index >= 15 is 0 Å². The molecule has 0 spiro atoms. The summed E-state index contributed by atoms with van der Waals surface area (Å²) in [5.41, 5.74) is 5.90. The number of alkyl halides is 3. The Kier molecular flexibility index (Phi) is 7.17. The number of anilines is 1. The van der Waals surface area contributed by atoms with Gasteiger partial charge in [0.2, 0.25) is 0 Å². The van der Waals surface area contributed by atoms with Crippen LogP contribution in [0.4, 0.5) is 23.7 Å². The van der Waals surface area contributed by atoms with E-state index < -0.39 is 23.7 Å². The topological polar surface area (TPSA) is 109 Å². The molecule has 0 radical (unpaired) electrons. The van der Waals surface area contributed by atoms with Gasteiger partial charge in [-0.25, -0.2) is 9.48 Å². The summed E-state index contributed by atoms with van der Waals surface area (Å²) in [5, 5.41) is 10.7. The number of nitrogens with one attached hydrogen (secondary N) is 1. The lowest BCUT2D eigenvalue weighted by atomic mass is 10.1. The van der Waals surface area contributed by atoms with E-state index in [1.807, 2.05) is 0 Å². The minimum Gasteiger partial charge on any atom is -0.492 e. The lowest BCUT2D eigenvalue weighted by molar-refractivity contribution is -0.143. The number of rotatable bonds is 7. The molecule has 0 saturated carbocycles. The quantitative estimate of drug-likeness (QED) is 0.359. The molecule has 0 fully saturated rings. The third-order valence-electron chi connectivity index (χ3n) is 4.98. The number of amides is 1. The molecule has 0 saturated heterocycles. The van der Waals surface area contributed by atoms with Crippen LogP contribution in [0.1, 0.15) is 5.69 Å². The van der Waals surface area contributed by atoms with Crippen molar-refractivity contribution in [2.45, 2.75) is 6.18 Å². The van der Waals surface area contributed by atoms with Crippen molar-refractivity contribution in [3.05, 3.63) is 71.6 Å². The van der Waals surface area contributed by atoms with E-state index in [0.29, 0.717) is 33.3 Å². The Hall–Kier alpha value is -4.03. The molecule has 188 valence electrons. The van der Waals surface area contributed by atoms with Crippen molar-refractivity contribution in [2.24, 2.45) is 12.8 Å². The molecule has 4 rings (SSSR count). The van der Waals surface area contributed by atoms with Crippen LogP contribution in [-0.2, 0) is 13.2 Å². The molecule has 2 heterocycles. The van der Waals surface area contributed by atoms with Gasteiger partial charge in [-0.2, -0.15) is 23.4 Å². The summed E-state index contributed by atoms with van der Waals surface area (Å²) in [6.45, 7) is 0.555. The number of aryl methyl sites for hydroxylation is 1. The Morgan fingerprint density at radius 3 is 2.50 bits per heavy atom. The van der Waals surface area contributed by atoms with Crippen LogP contribution in [0.3, 0.4) is 0 Å². The minimum absolute atomic E-state index is 0.0934.